The Labute approximate surface area is 134 Å². The zero-order valence-corrected chi connectivity index (χ0v) is 12.4. The highest BCUT2D eigenvalue weighted by molar-refractivity contribution is 7.12. The summed E-state index contributed by atoms with van der Waals surface area (Å²) in [7, 11) is 0. The van der Waals surface area contributed by atoms with Gasteiger partial charge < -0.3 is 10.1 Å². The first-order chi connectivity index (χ1) is 11.1. The van der Waals surface area contributed by atoms with Gasteiger partial charge in [0.2, 0.25) is 5.88 Å². The molecular formula is C16H10F2N2O2S. The SMILES string of the molecule is O=C(Nc1ccc(Oc2ccc(F)c(F)c2)nc1)c1cccs1. The molecule has 0 fully saturated rings. The van der Waals surface area contributed by atoms with E-state index in [1.54, 1.807) is 18.2 Å². The van der Waals surface area contributed by atoms with Gasteiger partial charge in [0.05, 0.1) is 16.8 Å². The fourth-order valence-electron chi connectivity index (χ4n) is 1.78. The van der Waals surface area contributed by atoms with Crippen LogP contribution < -0.4 is 10.1 Å². The summed E-state index contributed by atoms with van der Waals surface area (Å²) in [6.07, 6.45) is 1.42. The van der Waals surface area contributed by atoms with E-state index in [1.165, 1.54) is 29.7 Å². The molecule has 0 aliphatic carbocycles. The van der Waals surface area contributed by atoms with Gasteiger partial charge in [-0.2, -0.15) is 0 Å². The summed E-state index contributed by atoms with van der Waals surface area (Å²) in [6.45, 7) is 0. The minimum Gasteiger partial charge on any atom is -0.439 e. The number of hydrogen-bond acceptors (Lipinski definition) is 4. The number of aromatic nitrogens is 1. The van der Waals surface area contributed by atoms with Crippen LogP contribution in [-0.4, -0.2) is 10.9 Å². The summed E-state index contributed by atoms with van der Waals surface area (Å²) >= 11 is 1.33. The molecule has 0 radical (unpaired) electrons. The molecule has 0 spiro atoms. The number of hydrogen-bond donors (Lipinski definition) is 1. The molecule has 23 heavy (non-hydrogen) atoms. The highest BCUT2D eigenvalue weighted by Crippen LogP contribution is 2.22. The summed E-state index contributed by atoms with van der Waals surface area (Å²) in [6, 6.07) is 9.83. The molecule has 3 rings (SSSR count). The number of nitrogens with zero attached hydrogens (tertiary/aromatic N) is 1. The van der Waals surface area contributed by atoms with Crippen LogP contribution in [0.1, 0.15) is 9.67 Å². The lowest BCUT2D eigenvalue weighted by Gasteiger charge is -2.07. The first-order valence-electron chi connectivity index (χ1n) is 6.55. The second-order valence-corrected chi connectivity index (χ2v) is 5.44. The summed E-state index contributed by atoms with van der Waals surface area (Å²) in [5, 5.41) is 4.51. The topological polar surface area (TPSA) is 51.2 Å². The van der Waals surface area contributed by atoms with Crippen LogP contribution in [0.15, 0.2) is 54.0 Å². The zero-order valence-electron chi connectivity index (χ0n) is 11.6. The van der Waals surface area contributed by atoms with Gasteiger partial charge in [0, 0.05) is 12.1 Å². The molecule has 2 heterocycles. The number of amides is 1. The Balaban J connectivity index is 1.67. The maximum atomic E-state index is 13.1. The highest BCUT2D eigenvalue weighted by atomic mass is 32.1. The van der Waals surface area contributed by atoms with Gasteiger partial charge in [0.25, 0.3) is 5.91 Å². The molecule has 0 aliphatic rings. The van der Waals surface area contributed by atoms with E-state index >= 15 is 0 Å². The Bertz CT molecular complexity index is 821. The van der Waals surface area contributed by atoms with Crippen LogP contribution in [0.25, 0.3) is 0 Å². The van der Waals surface area contributed by atoms with Crippen molar-refractivity contribution < 1.29 is 18.3 Å². The fraction of sp³-hybridized carbons (Fsp3) is 0. The summed E-state index contributed by atoms with van der Waals surface area (Å²) in [4.78, 5) is 16.5. The maximum absolute atomic E-state index is 13.1. The number of carbonyl (C=O) groups is 1. The van der Waals surface area contributed by atoms with Gasteiger partial charge in [-0.3, -0.25) is 4.79 Å². The maximum Gasteiger partial charge on any atom is 0.265 e. The molecular weight excluding hydrogens is 322 g/mol. The van der Waals surface area contributed by atoms with E-state index in [0.29, 0.717) is 10.6 Å². The predicted molar refractivity (Wildman–Crippen MR) is 82.9 cm³/mol. The van der Waals surface area contributed by atoms with Crippen molar-refractivity contribution in [3.63, 3.8) is 0 Å². The Kier molecular flexibility index (Phi) is 4.29. The van der Waals surface area contributed by atoms with Crippen LogP contribution in [0.4, 0.5) is 14.5 Å². The molecule has 0 unspecified atom stereocenters. The number of nitrogens with one attached hydrogen (secondary N) is 1. The van der Waals surface area contributed by atoms with Gasteiger partial charge in [-0.15, -0.1) is 11.3 Å². The Hall–Kier alpha value is -2.80. The molecule has 0 bridgehead atoms. The smallest absolute Gasteiger partial charge is 0.265 e. The quantitative estimate of drug-likeness (QED) is 0.767. The van der Waals surface area contributed by atoms with E-state index in [-0.39, 0.29) is 17.5 Å². The number of carbonyl (C=O) groups excluding carboxylic acids is 1. The van der Waals surface area contributed by atoms with E-state index in [9.17, 15) is 13.6 Å². The summed E-state index contributed by atoms with van der Waals surface area (Å²) in [5.74, 6) is -1.84. The number of halogens is 2. The van der Waals surface area contributed by atoms with Crippen LogP contribution in [0.5, 0.6) is 11.6 Å². The molecule has 1 aromatic carbocycles. The van der Waals surface area contributed by atoms with Crippen LogP contribution in [0, 0.1) is 11.6 Å². The normalized spacial score (nSPS) is 10.3. The lowest BCUT2D eigenvalue weighted by atomic mass is 10.3. The lowest BCUT2D eigenvalue weighted by Crippen LogP contribution is -2.10. The number of ether oxygens (including phenoxy) is 1. The minimum absolute atomic E-state index is 0.131. The molecule has 3 aromatic rings. The molecule has 2 aromatic heterocycles. The van der Waals surface area contributed by atoms with Crippen molar-refractivity contribution in [2.45, 2.75) is 0 Å². The van der Waals surface area contributed by atoms with Crippen molar-refractivity contribution >= 4 is 22.9 Å². The number of thiophene rings is 1. The fourth-order valence-corrected chi connectivity index (χ4v) is 2.40. The molecule has 1 amide bonds. The minimum atomic E-state index is -0.998. The van der Waals surface area contributed by atoms with Crippen LogP contribution >= 0.6 is 11.3 Å². The van der Waals surface area contributed by atoms with Gasteiger partial charge in [-0.05, 0) is 29.6 Å². The van der Waals surface area contributed by atoms with E-state index in [0.717, 1.165) is 12.1 Å². The van der Waals surface area contributed by atoms with Gasteiger partial charge >= 0.3 is 0 Å². The number of pyridine rings is 1. The average Bonchev–Trinajstić information content (AvgIpc) is 3.07. The van der Waals surface area contributed by atoms with Gasteiger partial charge in [0.15, 0.2) is 11.6 Å². The third-order valence-corrected chi connectivity index (χ3v) is 3.72. The number of rotatable bonds is 4. The van der Waals surface area contributed by atoms with Gasteiger partial charge in [-0.25, -0.2) is 13.8 Å². The molecule has 1 N–H and O–H groups in total. The number of anilines is 1. The Morgan fingerprint density at radius 2 is 2.00 bits per heavy atom. The molecule has 7 heteroatoms. The second kappa shape index (κ2) is 6.53. The van der Waals surface area contributed by atoms with Gasteiger partial charge in [-0.1, -0.05) is 6.07 Å². The molecule has 0 saturated heterocycles. The predicted octanol–water partition coefficient (Wildman–Crippen LogP) is 4.47. The van der Waals surface area contributed by atoms with Crippen molar-refractivity contribution in [3.05, 3.63) is 70.6 Å². The molecule has 0 aliphatic heterocycles. The van der Waals surface area contributed by atoms with Crippen molar-refractivity contribution in [1.29, 1.82) is 0 Å². The van der Waals surface area contributed by atoms with Crippen molar-refractivity contribution in [2.75, 3.05) is 5.32 Å². The molecule has 116 valence electrons. The second-order valence-electron chi connectivity index (χ2n) is 4.49. The number of benzene rings is 1. The van der Waals surface area contributed by atoms with Crippen molar-refractivity contribution in [3.8, 4) is 11.6 Å². The third kappa shape index (κ3) is 3.70. The molecule has 0 saturated carbocycles. The third-order valence-electron chi connectivity index (χ3n) is 2.85. The van der Waals surface area contributed by atoms with Crippen LogP contribution in [0.2, 0.25) is 0 Å². The highest BCUT2D eigenvalue weighted by Gasteiger charge is 2.08. The monoisotopic (exact) mass is 332 g/mol. The first-order valence-corrected chi connectivity index (χ1v) is 7.43. The van der Waals surface area contributed by atoms with Gasteiger partial charge in [0.1, 0.15) is 5.75 Å². The lowest BCUT2D eigenvalue weighted by molar-refractivity contribution is 0.103. The molecule has 4 nitrogen and oxygen atoms in total. The standard InChI is InChI=1S/C16H10F2N2O2S/c17-12-5-4-11(8-13(12)18)22-15-6-3-10(9-19-15)20-16(21)14-2-1-7-23-14/h1-9H,(H,20,21). The van der Waals surface area contributed by atoms with E-state index in [4.69, 9.17) is 4.74 Å². The van der Waals surface area contributed by atoms with E-state index < -0.39 is 11.6 Å². The largest absolute Gasteiger partial charge is 0.439 e. The van der Waals surface area contributed by atoms with Crippen molar-refractivity contribution in [1.82, 2.24) is 4.98 Å². The zero-order chi connectivity index (χ0) is 16.2. The van der Waals surface area contributed by atoms with Crippen molar-refractivity contribution in [2.24, 2.45) is 0 Å². The molecule has 0 atom stereocenters. The van der Waals surface area contributed by atoms with E-state index in [1.807, 2.05) is 5.38 Å². The Morgan fingerprint density at radius 1 is 1.13 bits per heavy atom. The van der Waals surface area contributed by atoms with Crippen LogP contribution in [0.3, 0.4) is 0 Å². The summed E-state index contributed by atoms with van der Waals surface area (Å²) < 4.78 is 31.3. The average molecular weight is 332 g/mol. The first kappa shape index (κ1) is 15.1. The Morgan fingerprint density at radius 3 is 2.65 bits per heavy atom. The van der Waals surface area contributed by atoms with Crippen LogP contribution in [-0.2, 0) is 0 Å². The van der Waals surface area contributed by atoms with E-state index in [2.05, 4.69) is 10.3 Å². The summed E-state index contributed by atoms with van der Waals surface area (Å²) in [5.41, 5.74) is 0.501.